The standard InChI is InChI=1S/C12H13F4N5/c1-21-11(18-6-19-21)5-10(20-17)8-4-7(13)2-3-9(8)12(14,15)16/h2-4,6,10,20H,5,17H2,1H3. The van der Waals surface area contributed by atoms with E-state index in [0.717, 1.165) is 12.1 Å². The Hall–Kier alpha value is -2.00. The molecular weight excluding hydrogens is 290 g/mol. The molecule has 1 atom stereocenters. The van der Waals surface area contributed by atoms with Crippen molar-refractivity contribution in [2.75, 3.05) is 0 Å². The molecule has 3 N–H and O–H groups in total. The minimum atomic E-state index is -4.60. The predicted molar refractivity (Wildman–Crippen MR) is 66.2 cm³/mol. The summed E-state index contributed by atoms with van der Waals surface area (Å²) in [5.74, 6) is 5.00. The fourth-order valence-corrected chi connectivity index (χ4v) is 2.03. The van der Waals surface area contributed by atoms with Crippen molar-refractivity contribution in [1.82, 2.24) is 20.2 Å². The maximum atomic E-state index is 13.3. The highest BCUT2D eigenvalue weighted by Gasteiger charge is 2.35. The van der Waals surface area contributed by atoms with Crippen molar-refractivity contribution in [3.05, 3.63) is 47.3 Å². The molecule has 0 aliphatic heterocycles. The number of aromatic nitrogens is 3. The van der Waals surface area contributed by atoms with Crippen molar-refractivity contribution in [1.29, 1.82) is 0 Å². The summed E-state index contributed by atoms with van der Waals surface area (Å²) in [6.07, 6.45) is -3.28. The molecule has 1 heterocycles. The van der Waals surface area contributed by atoms with Gasteiger partial charge in [0.2, 0.25) is 0 Å². The van der Waals surface area contributed by atoms with Gasteiger partial charge in [0.05, 0.1) is 11.6 Å². The summed E-state index contributed by atoms with van der Waals surface area (Å²) in [5.41, 5.74) is 1.07. The lowest BCUT2D eigenvalue weighted by molar-refractivity contribution is -0.138. The van der Waals surface area contributed by atoms with Gasteiger partial charge >= 0.3 is 6.18 Å². The highest BCUT2D eigenvalue weighted by molar-refractivity contribution is 5.33. The van der Waals surface area contributed by atoms with Crippen LogP contribution in [-0.2, 0) is 19.6 Å². The fraction of sp³-hybridized carbons (Fsp3) is 0.333. The zero-order valence-corrected chi connectivity index (χ0v) is 11.0. The maximum Gasteiger partial charge on any atom is 0.416 e. The topological polar surface area (TPSA) is 68.8 Å². The van der Waals surface area contributed by atoms with E-state index in [1.807, 2.05) is 0 Å². The zero-order valence-electron chi connectivity index (χ0n) is 11.0. The van der Waals surface area contributed by atoms with Crippen molar-refractivity contribution < 1.29 is 17.6 Å². The summed E-state index contributed by atoms with van der Waals surface area (Å²) in [6, 6.07) is 1.35. The number of hydrazine groups is 1. The number of hydrogen-bond donors (Lipinski definition) is 2. The van der Waals surface area contributed by atoms with Crippen molar-refractivity contribution in [3.8, 4) is 0 Å². The number of halogens is 4. The average Bonchev–Trinajstić information content (AvgIpc) is 2.79. The van der Waals surface area contributed by atoms with Crippen LogP contribution in [0.1, 0.15) is 23.0 Å². The molecule has 2 rings (SSSR count). The molecule has 0 aliphatic carbocycles. The van der Waals surface area contributed by atoms with Gasteiger partial charge in [-0.2, -0.15) is 18.3 Å². The number of aryl methyl sites for hydroxylation is 1. The van der Waals surface area contributed by atoms with E-state index >= 15 is 0 Å². The Morgan fingerprint density at radius 1 is 1.38 bits per heavy atom. The molecule has 0 amide bonds. The quantitative estimate of drug-likeness (QED) is 0.513. The lowest BCUT2D eigenvalue weighted by atomic mass is 9.97. The molecule has 1 unspecified atom stereocenters. The van der Waals surface area contributed by atoms with Crippen LogP contribution in [0.25, 0.3) is 0 Å². The third-order valence-electron chi connectivity index (χ3n) is 3.09. The molecule has 114 valence electrons. The van der Waals surface area contributed by atoms with E-state index in [1.54, 1.807) is 7.05 Å². The van der Waals surface area contributed by atoms with Crippen LogP contribution in [0.4, 0.5) is 17.6 Å². The van der Waals surface area contributed by atoms with Crippen LogP contribution in [0.3, 0.4) is 0 Å². The smallest absolute Gasteiger partial charge is 0.271 e. The second kappa shape index (κ2) is 5.78. The van der Waals surface area contributed by atoms with Gasteiger partial charge in [0.25, 0.3) is 0 Å². The molecule has 5 nitrogen and oxygen atoms in total. The number of nitrogens with zero attached hydrogens (tertiary/aromatic N) is 3. The van der Waals surface area contributed by atoms with Crippen molar-refractivity contribution in [2.45, 2.75) is 18.6 Å². The fourth-order valence-electron chi connectivity index (χ4n) is 2.03. The third kappa shape index (κ3) is 3.37. The molecule has 0 bridgehead atoms. The molecule has 0 saturated heterocycles. The van der Waals surface area contributed by atoms with Gasteiger partial charge in [0, 0.05) is 13.5 Å². The van der Waals surface area contributed by atoms with Gasteiger partial charge in [-0.3, -0.25) is 16.0 Å². The first kappa shape index (κ1) is 15.4. The second-order valence-corrected chi connectivity index (χ2v) is 4.45. The Balaban J connectivity index is 2.42. The van der Waals surface area contributed by atoms with Crippen molar-refractivity contribution in [3.63, 3.8) is 0 Å². The third-order valence-corrected chi connectivity index (χ3v) is 3.09. The van der Waals surface area contributed by atoms with E-state index in [1.165, 1.54) is 11.0 Å². The minimum absolute atomic E-state index is 0.0412. The van der Waals surface area contributed by atoms with E-state index in [0.29, 0.717) is 11.9 Å². The molecule has 1 aromatic heterocycles. The van der Waals surface area contributed by atoms with Crippen molar-refractivity contribution in [2.24, 2.45) is 12.9 Å². The number of alkyl halides is 3. The summed E-state index contributed by atoms with van der Waals surface area (Å²) in [6.45, 7) is 0. The zero-order chi connectivity index (χ0) is 15.6. The number of rotatable bonds is 4. The van der Waals surface area contributed by atoms with Crippen LogP contribution in [-0.4, -0.2) is 14.8 Å². The molecule has 0 spiro atoms. The molecule has 2 aromatic rings. The normalized spacial score (nSPS) is 13.4. The van der Waals surface area contributed by atoms with E-state index in [-0.39, 0.29) is 12.0 Å². The van der Waals surface area contributed by atoms with E-state index in [9.17, 15) is 17.6 Å². The average molecular weight is 303 g/mol. The summed E-state index contributed by atoms with van der Waals surface area (Å²) in [4.78, 5) is 3.92. The Kier molecular flexibility index (Phi) is 4.24. The highest BCUT2D eigenvalue weighted by Crippen LogP contribution is 2.35. The summed E-state index contributed by atoms with van der Waals surface area (Å²) in [7, 11) is 1.60. The van der Waals surface area contributed by atoms with E-state index in [2.05, 4.69) is 15.5 Å². The molecule has 0 aliphatic rings. The maximum absolute atomic E-state index is 13.3. The molecule has 1 aromatic carbocycles. The Morgan fingerprint density at radius 2 is 2.10 bits per heavy atom. The molecular formula is C12H13F4N5. The SMILES string of the molecule is Cn1ncnc1CC(NN)c1cc(F)ccc1C(F)(F)F. The van der Waals surface area contributed by atoms with Gasteiger partial charge in [-0.15, -0.1) is 0 Å². The molecule has 21 heavy (non-hydrogen) atoms. The van der Waals surface area contributed by atoms with Gasteiger partial charge in [-0.1, -0.05) is 0 Å². The molecule has 9 heteroatoms. The van der Waals surface area contributed by atoms with Crippen LogP contribution in [0, 0.1) is 5.82 Å². The van der Waals surface area contributed by atoms with E-state index in [4.69, 9.17) is 5.84 Å². The largest absolute Gasteiger partial charge is 0.416 e. The first-order valence-electron chi connectivity index (χ1n) is 5.98. The summed E-state index contributed by atoms with van der Waals surface area (Å²) >= 11 is 0. The first-order valence-corrected chi connectivity index (χ1v) is 5.98. The lowest BCUT2D eigenvalue weighted by Gasteiger charge is -2.20. The first-order chi connectivity index (χ1) is 9.82. The minimum Gasteiger partial charge on any atom is -0.271 e. The number of nitrogens with two attached hydrogens (primary N) is 1. The van der Waals surface area contributed by atoms with Gasteiger partial charge in [0.1, 0.15) is 18.0 Å². The predicted octanol–water partition coefficient (Wildman–Crippen LogP) is 1.72. The number of nitrogens with one attached hydrogen (secondary N) is 1. The van der Waals surface area contributed by atoms with Gasteiger partial charge in [-0.05, 0) is 23.8 Å². The summed E-state index contributed by atoms with van der Waals surface area (Å²) in [5, 5.41) is 3.83. The van der Waals surface area contributed by atoms with Crippen LogP contribution in [0.15, 0.2) is 24.5 Å². The molecule has 0 saturated carbocycles. The Labute approximate surface area is 117 Å². The van der Waals surface area contributed by atoms with Crippen LogP contribution >= 0.6 is 0 Å². The van der Waals surface area contributed by atoms with Crippen LogP contribution in [0.2, 0.25) is 0 Å². The Morgan fingerprint density at radius 3 is 2.62 bits per heavy atom. The molecule has 0 radical (unpaired) electrons. The highest BCUT2D eigenvalue weighted by atomic mass is 19.4. The lowest BCUT2D eigenvalue weighted by Crippen LogP contribution is -2.32. The number of benzene rings is 1. The van der Waals surface area contributed by atoms with Gasteiger partial charge in [-0.25, -0.2) is 9.37 Å². The van der Waals surface area contributed by atoms with E-state index < -0.39 is 23.6 Å². The van der Waals surface area contributed by atoms with Crippen molar-refractivity contribution >= 4 is 0 Å². The van der Waals surface area contributed by atoms with Crippen LogP contribution in [0.5, 0.6) is 0 Å². The van der Waals surface area contributed by atoms with Gasteiger partial charge < -0.3 is 0 Å². The molecule has 0 fully saturated rings. The monoisotopic (exact) mass is 303 g/mol. The summed E-state index contributed by atoms with van der Waals surface area (Å²) < 4.78 is 53.8. The van der Waals surface area contributed by atoms with Gasteiger partial charge in [0.15, 0.2) is 0 Å². The Bertz CT molecular complexity index is 622. The second-order valence-electron chi connectivity index (χ2n) is 4.45. The van der Waals surface area contributed by atoms with Crippen LogP contribution < -0.4 is 11.3 Å². The number of hydrogen-bond acceptors (Lipinski definition) is 4.